The van der Waals surface area contributed by atoms with Crippen molar-refractivity contribution in [2.75, 3.05) is 5.32 Å². The molecule has 0 aliphatic carbocycles. The van der Waals surface area contributed by atoms with Crippen molar-refractivity contribution in [3.05, 3.63) is 47.3 Å². The van der Waals surface area contributed by atoms with Gasteiger partial charge in [-0.2, -0.15) is 5.10 Å². The number of hydrogen-bond donors (Lipinski definition) is 1. The largest absolute Gasteiger partial charge is 0.381 e. The summed E-state index contributed by atoms with van der Waals surface area (Å²) in [5.74, 6) is -1.68. The Kier molecular flexibility index (Phi) is 3.60. The number of rotatable bonds is 4. The van der Waals surface area contributed by atoms with Gasteiger partial charge in [0.15, 0.2) is 11.6 Å². The van der Waals surface area contributed by atoms with Gasteiger partial charge in [-0.25, -0.2) is 8.78 Å². The summed E-state index contributed by atoms with van der Waals surface area (Å²) in [5, 5.41) is 7.37. The first-order valence-corrected chi connectivity index (χ1v) is 5.80. The molecular weight excluding hydrogens is 236 g/mol. The van der Waals surface area contributed by atoms with Crippen LogP contribution in [0.3, 0.4) is 0 Å². The fourth-order valence-electron chi connectivity index (χ4n) is 1.83. The number of nitrogens with zero attached hydrogens (tertiary/aromatic N) is 2. The van der Waals surface area contributed by atoms with E-state index in [1.54, 1.807) is 4.68 Å². The predicted molar refractivity (Wildman–Crippen MR) is 66.3 cm³/mol. The molecule has 18 heavy (non-hydrogen) atoms. The van der Waals surface area contributed by atoms with Gasteiger partial charge in [-0.3, -0.25) is 4.68 Å². The molecule has 3 nitrogen and oxygen atoms in total. The average molecular weight is 251 g/mol. The molecule has 96 valence electrons. The third-order valence-corrected chi connectivity index (χ3v) is 2.73. The molecule has 5 heteroatoms. The van der Waals surface area contributed by atoms with Crippen LogP contribution in [0.4, 0.5) is 14.5 Å². The Balaban J connectivity index is 2.08. The van der Waals surface area contributed by atoms with Gasteiger partial charge in [-0.1, -0.05) is 6.92 Å². The van der Waals surface area contributed by atoms with Gasteiger partial charge < -0.3 is 5.32 Å². The zero-order chi connectivity index (χ0) is 13.1. The van der Waals surface area contributed by atoms with Gasteiger partial charge in [0.25, 0.3) is 0 Å². The maximum absolute atomic E-state index is 13.0. The van der Waals surface area contributed by atoms with Crippen molar-refractivity contribution in [2.45, 2.75) is 19.9 Å². The van der Waals surface area contributed by atoms with E-state index in [0.29, 0.717) is 12.2 Å². The molecule has 0 saturated heterocycles. The minimum atomic E-state index is -0.845. The van der Waals surface area contributed by atoms with E-state index in [1.807, 2.05) is 20.2 Å². The van der Waals surface area contributed by atoms with E-state index in [4.69, 9.17) is 0 Å². The molecule has 1 heterocycles. The van der Waals surface area contributed by atoms with Crippen molar-refractivity contribution < 1.29 is 8.78 Å². The first kappa shape index (κ1) is 12.5. The normalized spacial score (nSPS) is 10.7. The Bertz CT molecular complexity index is 549. The van der Waals surface area contributed by atoms with Crippen LogP contribution in [0.1, 0.15) is 18.2 Å². The molecule has 0 saturated carbocycles. The molecule has 0 unspecified atom stereocenters. The lowest BCUT2D eigenvalue weighted by atomic mass is 10.2. The van der Waals surface area contributed by atoms with E-state index in [0.717, 1.165) is 29.8 Å². The summed E-state index contributed by atoms with van der Waals surface area (Å²) in [6, 6.07) is 3.78. The summed E-state index contributed by atoms with van der Waals surface area (Å²) in [5.41, 5.74) is 2.62. The first-order valence-electron chi connectivity index (χ1n) is 5.80. The van der Waals surface area contributed by atoms with E-state index in [9.17, 15) is 8.78 Å². The van der Waals surface area contributed by atoms with Crippen LogP contribution in [0.15, 0.2) is 24.4 Å². The van der Waals surface area contributed by atoms with Gasteiger partial charge in [0.1, 0.15) is 0 Å². The number of hydrogen-bond acceptors (Lipinski definition) is 2. The van der Waals surface area contributed by atoms with E-state index in [2.05, 4.69) is 10.4 Å². The van der Waals surface area contributed by atoms with Crippen LogP contribution in [0.25, 0.3) is 0 Å². The molecule has 0 spiro atoms. The molecule has 1 aromatic carbocycles. The van der Waals surface area contributed by atoms with Crippen molar-refractivity contribution >= 4 is 5.69 Å². The van der Waals surface area contributed by atoms with Crippen molar-refractivity contribution in [2.24, 2.45) is 7.05 Å². The summed E-state index contributed by atoms with van der Waals surface area (Å²) >= 11 is 0. The quantitative estimate of drug-likeness (QED) is 0.905. The molecule has 0 radical (unpaired) electrons. The second-order valence-electron chi connectivity index (χ2n) is 4.11. The SMILES string of the molecule is CCc1nn(C)cc1CNc1ccc(F)c(F)c1. The smallest absolute Gasteiger partial charge is 0.160 e. The third-order valence-electron chi connectivity index (χ3n) is 2.73. The lowest BCUT2D eigenvalue weighted by Crippen LogP contribution is -2.01. The Morgan fingerprint density at radius 1 is 1.28 bits per heavy atom. The number of aryl methyl sites for hydroxylation is 2. The van der Waals surface area contributed by atoms with E-state index in [1.165, 1.54) is 6.07 Å². The van der Waals surface area contributed by atoms with Crippen LogP contribution in [-0.4, -0.2) is 9.78 Å². The number of benzene rings is 1. The van der Waals surface area contributed by atoms with Gasteiger partial charge in [0, 0.05) is 37.1 Å². The topological polar surface area (TPSA) is 29.9 Å². The summed E-state index contributed by atoms with van der Waals surface area (Å²) in [6.45, 7) is 2.57. The Morgan fingerprint density at radius 2 is 2.06 bits per heavy atom. The Labute approximate surface area is 104 Å². The fraction of sp³-hybridized carbons (Fsp3) is 0.308. The second kappa shape index (κ2) is 5.16. The van der Waals surface area contributed by atoms with Crippen molar-refractivity contribution in [3.8, 4) is 0 Å². The van der Waals surface area contributed by atoms with Crippen molar-refractivity contribution in [1.82, 2.24) is 9.78 Å². The van der Waals surface area contributed by atoms with Gasteiger partial charge in [-0.05, 0) is 18.6 Å². The number of nitrogens with one attached hydrogen (secondary N) is 1. The van der Waals surface area contributed by atoms with Crippen molar-refractivity contribution in [1.29, 1.82) is 0 Å². The van der Waals surface area contributed by atoms with E-state index < -0.39 is 11.6 Å². The number of halogens is 2. The molecule has 1 aromatic heterocycles. The molecule has 2 aromatic rings. The number of anilines is 1. The summed E-state index contributed by atoms with van der Waals surface area (Å²) in [6.07, 6.45) is 2.77. The van der Waals surface area contributed by atoms with E-state index >= 15 is 0 Å². The maximum atomic E-state index is 13.0. The Morgan fingerprint density at radius 3 is 2.72 bits per heavy atom. The lowest BCUT2D eigenvalue weighted by Gasteiger charge is -2.06. The van der Waals surface area contributed by atoms with Crippen LogP contribution in [0, 0.1) is 11.6 Å². The van der Waals surface area contributed by atoms with Gasteiger partial charge in [-0.15, -0.1) is 0 Å². The highest BCUT2D eigenvalue weighted by molar-refractivity contribution is 5.44. The van der Waals surface area contributed by atoms with E-state index in [-0.39, 0.29) is 0 Å². The fourth-order valence-corrected chi connectivity index (χ4v) is 1.83. The highest BCUT2D eigenvalue weighted by Gasteiger charge is 2.06. The maximum Gasteiger partial charge on any atom is 0.160 e. The van der Waals surface area contributed by atoms with Gasteiger partial charge in [0.2, 0.25) is 0 Å². The zero-order valence-corrected chi connectivity index (χ0v) is 10.4. The van der Waals surface area contributed by atoms with Crippen LogP contribution in [-0.2, 0) is 20.0 Å². The Hall–Kier alpha value is -1.91. The molecule has 0 aliphatic rings. The molecule has 0 amide bonds. The lowest BCUT2D eigenvalue weighted by molar-refractivity contribution is 0.509. The highest BCUT2D eigenvalue weighted by Crippen LogP contribution is 2.15. The second-order valence-corrected chi connectivity index (χ2v) is 4.11. The molecule has 2 rings (SSSR count). The number of aromatic nitrogens is 2. The summed E-state index contributed by atoms with van der Waals surface area (Å²) in [4.78, 5) is 0. The molecule has 0 atom stereocenters. The van der Waals surface area contributed by atoms with Gasteiger partial charge >= 0.3 is 0 Å². The molecule has 1 N–H and O–H groups in total. The van der Waals surface area contributed by atoms with Crippen molar-refractivity contribution in [3.63, 3.8) is 0 Å². The summed E-state index contributed by atoms with van der Waals surface area (Å²) < 4.78 is 27.5. The highest BCUT2D eigenvalue weighted by atomic mass is 19.2. The van der Waals surface area contributed by atoms with Crippen LogP contribution < -0.4 is 5.32 Å². The van der Waals surface area contributed by atoms with Crippen LogP contribution >= 0.6 is 0 Å². The van der Waals surface area contributed by atoms with Gasteiger partial charge in [0.05, 0.1) is 5.69 Å². The van der Waals surface area contributed by atoms with Crippen LogP contribution in [0.2, 0.25) is 0 Å². The average Bonchev–Trinajstić information content (AvgIpc) is 2.71. The minimum Gasteiger partial charge on any atom is -0.381 e. The van der Waals surface area contributed by atoms with Crippen LogP contribution in [0.5, 0.6) is 0 Å². The standard InChI is InChI=1S/C13H15F2N3/c1-3-13-9(8-18(2)17-13)7-16-10-4-5-11(14)12(15)6-10/h4-6,8,16H,3,7H2,1-2H3. The predicted octanol–water partition coefficient (Wildman–Crippen LogP) is 2.87. The molecule has 0 fully saturated rings. The zero-order valence-electron chi connectivity index (χ0n) is 10.4. The molecule has 0 aliphatic heterocycles. The summed E-state index contributed by atoms with van der Waals surface area (Å²) in [7, 11) is 1.86. The minimum absolute atomic E-state index is 0.544. The first-order chi connectivity index (χ1) is 8.60. The third kappa shape index (κ3) is 2.67. The molecule has 0 bridgehead atoms. The molecular formula is C13H15F2N3. The monoisotopic (exact) mass is 251 g/mol.